The fraction of sp³-hybridized carbons (Fsp3) is 0.318. The van der Waals surface area contributed by atoms with Gasteiger partial charge in [0.05, 0.1) is 16.7 Å². The number of halogens is 1. The van der Waals surface area contributed by atoms with Crippen molar-refractivity contribution in [3.63, 3.8) is 0 Å². The molecule has 3 heterocycles. The van der Waals surface area contributed by atoms with Crippen molar-refractivity contribution in [2.24, 2.45) is 7.05 Å². The summed E-state index contributed by atoms with van der Waals surface area (Å²) < 4.78 is 1.71. The quantitative estimate of drug-likeness (QED) is 0.353. The average molecular weight is 448 g/mol. The molecule has 1 saturated carbocycles. The molecule has 0 amide bonds. The van der Waals surface area contributed by atoms with Crippen molar-refractivity contribution < 1.29 is 0 Å². The summed E-state index contributed by atoms with van der Waals surface area (Å²) in [6.07, 6.45) is 7.01. The van der Waals surface area contributed by atoms with Gasteiger partial charge in [0.25, 0.3) is 0 Å². The minimum atomic E-state index is 0.234. The summed E-state index contributed by atoms with van der Waals surface area (Å²) in [6, 6.07) is 8.46. The van der Waals surface area contributed by atoms with Crippen molar-refractivity contribution in [3.05, 3.63) is 41.3 Å². The summed E-state index contributed by atoms with van der Waals surface area (Å²) in [7, 11) is 1.85. The standard InChI is InChI=1S/C22H22ClN9/c1-32-8-5-17(31-32)21-20(13-9-14-12-27-30-19(14)16(23)10-13)28-18(11-24)22(29-21)26-7-2-6-25-15-3-4-15/h5,8-10,12,15,25H,2-4,6-7H2,1H3,(H,26,29)(H,27,30). The number of nitriles is 1. The van der Waals surface area contributed by atoms with Gasteiger partial charge >= 0.3 is 0 Å². The molecule has 4 aromatic rings. The molecule has 10 heteroatoms. The molecule has 0 saturated heterocycles. The number of aromatic nitrogens is 6. The van der Waals surface area contributed by atoms with Gasteiger partial charge in [-0.2, -0.15) is 15.5 Å². The molecule has 1 aliphatic rings. The van der Waals surface area contributed by atoms with Crippen LogP contribution in [0.2, 0.25) is 5.02 Å². The van der Waals surface area contributed by atoms with Gasteiger partial charge in [0, 0.05) is 36.8 Å². The lowest BCUT2D eigenvalue weighted by molar-refractivity contribution is 0.658. The zero-order valence-electron chi connectivity index (χ0n) is 17.6. The molecule has 1 fully saturated rings. The van der Waals surface area contributed by atoms with E-state index in [9.17, 15) is 5.26 Å². The van der Waals surface area contributed by atoms with E-state index < -0.39 is 0 Å². The summed E-state index contributed by atoms with van der Waals surface area (Å²) in [5, 5.41) is 29.4. The van der Waals surface area contributed by atoms with Crippen LogP contribution < -0.4 is 10.6 Å². The van der Waals surface area contributed by atoms with Gasteiger partial charge in [-0.05, 0) is 44.0 Å². The van der Waals surface area contributed by atoms with Crippen LogP contribution in [-0.4, -0.2) is 49.1 Å². The Hall–Kier alpha value is -3.48. The molecule has 3 aromatic heterocycles. The molecule has 0 spiro atoms. The Labute approximate surface area is 189 Å². The minimum absolute atomic E-state index is 0.234. The summed E-state index contributed by atoms with van der Waals surface area (Å²) >= 11 is 6.46. The lowest BCUT2D eigenvalue weighted by Crippen LogP contribution is -2.20. The number of fused-ring (bicyclic) bond motifs is 1. The van der Waals surface area contributed by atoms with Crippen molar-refractivity contribution >= 4 is 28.3 Å². The van der Waals surface area contributed by atoms with Crippen LogP contribution in [0.4, 0.5) is 5.82 Å². The molecule has 32 heavy (non-hydrogen) atoms. The van der Waals surface area contributed by atoms with E-state index in [-0.39, 0.29) is 5.69 Å². The number of aryl methyl sites for hydroxylation is 1. The first-order valence-corrected chi connectivity index (χ1v) is 10.9. The van der Waals surface area contributed by atoms with E-state index in [4.69, 9.17) is 16.6 Å². The van der Waals surface area contributed by atoms with E-state index in [0.717, 1.165) is 29.4 Å². The van der Waals surface area contributed by atoms with Gasteiger partial charge in [-0.15, -0.1) is 0 Å². The van der Waals surface area contributed by atoms with Gasteiger partial charge < -0.3 is 10.6 Å². The van der Waals surface area contributed by atoms with Crippen LogP contribution in [0.15, 0.2) is 30.6 Å². The van der Waals surface area contributed by atoms with Gasteiger partial charge in [0.1, 0.15) is 23.2 Å². The largest absolute Gasteiger partial charge is 0.368 e. The zero-order chi connectivity index (χ0) is 22.1. The number of nitrogens with zero attached hydrogens (tertiary/aromatic N) is 6. The van der Waals surface area contributed by atoms with Crippen LogP contribution in [0.25, 0.3) is 33.5 Å². The highest BCUT2D eigenvalue weighted by molar-refractivity contribution is 6.35. The molecular weight excluding hydrogens is 426 g/mol. The minimum Gasteiger partial charge on any atom is -0.368 e. The molecule has 0 atom stereocenters. The average Bonchev–Trinajstić information content (AvgIpc) is 3.30. The van der Waals surface area contributed by atoms with Crippen LogP contribution in [0.1, 0.15) is 25.0 Å². The molecule has 0 aliphatic heterocycles. The van der Waals surface area contributed by atoms with Crippen molar-refractivity contribution in [2.75, 3.05) is 18.4 Å². The van der Waals surface area contributed by atoms with E-state index in [1.54, 1.807) is 16.9 Å². The number of aromatic amines is 1. The second kappa shape index (κ2) is 8.57. The Morgan fingerprint density at radius 3 is 2.88 bits per heavy atom. The summed E-state index contributed by atoms with van der Waals surface area (Å²) in [5.41, 5.74) is 3.53. The second-order valence-electron chi connectivity index (χ2n) is 7.91. The fourth-order valence-corrected chi connectivity index (χ4v) is 3.87. The molecule has 162 valence electrons. The number of anilines is 1. The lowest BCUT2D eigenvalue weighted by Gasteiger charge is -2.13. The SMILES string of the molecule is Cn1ccc(-c2nc(NCCCNC3CC3)c(C#N)nc2-c2cc(Cl)c3[nH]ncc3c2)n1. The summed E-state index contributed by atoms with van der Waals surface area (Å²) in [6.45, 7) is 1.62. The third-order valence-electron chi connectivity index (χ3n) is 5.39. The second-order valence-corrected chi connectivity index (χ2v) is 8.31. The highest BCUT2D eigenvalue weighted by Crippen LogP contribution is 2.34. The molecule has 0 unspecified atom stereocenters. The number of benzene rings is 1. The van der Waals surface area contributed by atoms with Crippen molar-refractivity contribution in [2.45, 2.75) is 25.3 Å². The van der Waals surface area contributed by atoms with E-state index in [1.165, 1.54) is 12.8 Å². The number of hydrogen-bond donors (Lipinski definition) is 3. The molecule has 1 aromatic carbocycles. The Morgan fingerprint density at radius 2 is 2.12 bits per heavy atom. The van der Waals surface area contributed by atoms with Gasteiger partial charge in [-0.25, -0.2) is 9.97 Å². The first-order chi connectivity index (χ1) is 15.6. The Bertz CT molecular complexity index is 1310. The zero-order valence-corrected chi connectivity index (χ0v) is 18.3. The third-order valence-corrected chi connectivity index (χ3v) is 5.69. The van der Waals surface area contributed by atoms with Crippen LogP contribution in [0.3, 0.4) is 0 Å². The maximum absolute atomic E-state index is 9.77. The van der Waals surface area contributed by atoms with E-state index in [1.807, 2.05) is 25.4 Å². The number of H-pyrrole nitrogens is 1. The number of nitrogens with one attached hydrogen (secondary N) is 3. The van der Waals surface area contributed by atoms with Crippen molar-refractivity contribution in [1.29, 1.82) is 5.26 Å². The molecule has 0 bridgehead atoms. The predicted molar refractivity (Wildman–Crippen MR) is 123 cm³/mol. The highest BCUT2D eigenvalue weighted by atomic mass is 35.5. The predicted octanol–water partition coefficient (Wildman–Crippen LogP) is 3.50. The first-order valence-electron chi connectivity index (χ1n) is 10.5. The van der Waals surface area contributed by atoms with Gasteiger partial charge in [0.15, 0.2) is 11.5 Å². The number of hydrogen-bond acceptors (Lipinski definition) is 7. The normalized spacial score (nSPS) is 13.4. The van der Waals surface area contributed by atoms with Crippen molar-refractivity contribution in [3.8, 4) is 28.7 Å². The number of rotatable bonds is 8. The van der Waals surface area contributed by atoms with E-state index >= 15 is 0 Å². The maximum atomic E-state index is 9.77. The van der Waals surface area contributed by atoms with Crippen LogP contribution in [-0.2, 0) is 7.05 Å². The van der Waals surface area contributed by atoms with Crippen LogP contribution >= 0.6 is 11.6 Å². The fourth-order valence-electron chi connectivity index (χ4n) is 3.60. The molecule has 5 rings (SSSR count). The van der Waals surface area contributed by atoms with Gasteiger partial charge in [-0.3, -0.25) is 9.78 Å². The van der Waals surface area contributed by atoms with E-state index in [2.05, 4.69) is 37.0 Å². The molecule has 1 aliphatic carbocycles. The Balaban J connectivity index is 1.53. The summed E-state index contributed by atoms with van der Waals surface area (Å²) in [4.78, 5) is 9.46. The molecular formula is C22H22ClN9. The first kappa shape index (κ1) is 20.4. The topological polar surface area (TPSA) is 120 Å². The lowest BCUT2D eigenvalue weighted by atomic mass is 10.1. The Kier molecular flexibility index (Phi) is 5.47. The molecule has 9 nitrogen and oxygen atoms in total. The van der Waals surface area contributed by atoms with Crippen LogP contribution in [0, 0.1) is 11.3 Å². The molecule has 3 N–H and O–H groups in total. The van der Waals surface area contributed by atoms with Gasteiger partial charge in [-0.1, -0.05) is 11.6 Å². The Morgan fingerprint density at radius 1 is 1.25 bits per heavy atom. The smallest absolute Gasteiger partial charge is 0.183 e. The van der Waals surface area contributed by atoms with Crippen LogP contribution in [0.5, 0.6) is 0 Å². The summed E-state index contributed by atoms with van der Waals surface area (Å²) in [5.74, 6) is 0.457. The van der Waals surface area contributed by atoms with Crippen molar-refractivity contribution in [1.82, 2.24) is 35.3 Å². The van der Waals surface area contributed by atoms with Gasteiger partial charge in [0.2, 0.25) is 0 Å². The maximum Gasteiger partial charge on any atom is 0.183 e. The molecule has 0 radical (unpaired) electrons. The monoisotopic (exact) mass is 447 g/mol. The third kappa shape index (κ3) is 4.15. The van der Waals surface area contributed by atoms with E-state index in [0.29, 0.717) is 40.5 Å². The highest BCUT2D eigenvalue weighted by Gasteiger charge is 2.21.